The van der Waals surface area contributed by atoms with Gasteiger partial charge in [0.05, 0.1) is 6.54 Å². The fraction of sp³-hybridized carbons (Fsp3) is 0.588. The summed E-state index contributed by atoms with van der Waals surface area (Å²) in [5, 5.41) is 0. The van der Waals surface area contributed by atoms with Crippen LogP contribution in [0.15, 0.2) is 29.3 Å². The molecule has 0 unspecified atom stereocenters. The van der Waals surface area contributed by atoms with Crippen LogP contribution in [0.5, 0.6) is 0 Å². The highest BCUT2D eigenvalue weighted by molar-refractivity contribution is 14.0. The molecule has 0 fully saturated rings. The van der Waals surface area contributed by atoms with Gasteiger partial charge in [-0.3, -0.25) is 4.90 Å². The molecule has 0 saturated heterocycles. The second-order valence-electron chi connectivity index (χ2n) is 5.62. The van der Waals surface area contributed by atoms with Crippen LogP contribution < -0.4 is 5.73 Å². The second kappa shape index (κ2) is 10.8. The Morgan fingerprint density at radius 1 is 1.14 bits per heavy atom. The van der Waals surface area contributed by atoms with Crippen molar-refractivity contribution in [2.45, 2.75) is 46.8 Å². The molecule has 0 saturated carbocycles. The van der Waals surface area contributed by atoms with Gasteiger partial charge in [-0.1, -0.05) is 24.3 Å². The third kappa shape index (κ3) is 6.52. The molecule has 5 heteroatoms. The van der Waals surface area contributed by atoms with E-state index in [1.165, 1.54) is 11.1 Å². The van der Waals surface area contributed by atoms with Gasteiger partial charge in [-0.15, -0.1) is 24.0 Å². The molecule has 0 bridgehead atoms. The molecule has 126 valence electrons. The first-order valence-corrected chi connectivity index (χ1v) is 7.81. The number of hydrogen-bond donors (Lipinski definition) is 1. The van der Waals surface area contributed by atoms with Crippen LogP contribution in [0.3, 0.4) is 0 Å². The van der Waals surface area contributed by atoms with Gasteiger partial charge in [-0.2, -0.15) is 0 Å². The molecular formula is C17H31IN4. The molecule has 1 aromatic carbocycles. The van der Waals surface area contributed by atoms with E-state index in [9.17, 15) is 0 Å². The Hall–Kier alpha value is -0.820. The Labute approximate surface area is 152 Å². The molecular weight excluding hydrogens is 387 g/mol. The zero-order chi connectivity index (χ0) is 15.8. The van der Waals surface area contributed by atoms with Crippen molar-refractivity contribution in [1.82, 2.24) is 9.80 Å². The number of nitrogens with two attached hydrogens (primary N) is 1. The average Bonchev–Trinajstić information content (AvgIpc) is 2.47. The number of rotatable bonds is 7. The Balaban J connectivity index is 0.00000441. The fourth-order valence-corrected chi connectivity index (χ4v) is 2.13. The minimum Gasteiger partial charge on any atom is -0.370 e. The number of guanidine groups is 1. The molecule has 22 heavy (non-hydrogen) atoms. The van der Waals surface area contributed by atoms with Gasteiger partial charge in [0.25, 0.3) is 0 Å². The summed E-state index contributed by atoms with van der Waals surface area (Å²) >= 11 is 0. The van der Waals surface area contributed by atoms with E-state index in [4.69, 9.17) is 5.73 Å². The van der Waals surface area contributed by atoms with Crippen molar-refractivity contribution in [3.8, 4) is 0 Å². The van der Waals surface area contributed by atoms with Gasteiger partial charge in [-0.25, -0.2) is 4.99 Å². The largest absolute Gasteiger partial charge is 0.370 e. The van der Waals surface area contributed by atoms with E-state index in [-0.39, 0.29) is 24.0 Å². The molecule has 0 amide bonds. The number of nitrogens with zero attached hydrogens (tertiary/aromatic N) is 3. The van der Waals surface area contributed by atoms with Crippen molar-refractivity contribution in [1.29, 1.82) is 0 Å². The van der Waals surface area contributed by atoms with E-state index in [0.717, 1.165) is 19.6 Å². The fourth-order valence-electron chi connectivity index (χ4n) is 2.13. The normalized spacial score (nSPS) is 11.7. The maximum absolute atomic E-state index is 6.05. The number of hydrogen-bond acceptors (Lipinski definition) is 2. The zero-order valence-corrected chi connectivity index (χ0v) is 16.9. The van der Waals surface area contributed by atoms with Crippen molar-refractivity contribution in [2.75, 3.05) is 20.1 Å². The van der Waals surface area contributed by atoms with Gasteiger partial charge in [0.1, 0.15) is 0 Å². The SMILES string of the molecule is CCN(CC)C(N)=NCc1ccccc1CN(C)C(C)C.I. The standard InChI is InChI=1S/C17H30N4.HI/c1-6-21(7-2)17(18)19-12-15-10-8-9-11-16(15)13-20(5)14(3)4;/h8-11,14H,6-7,12-13H2,1-5H3,(H2,18,19);1H. The van der Waals surface area contributed by atoms with Gasteiger partial charge in [0.15, 0.2) is 5.96 Å². The summed E-state index contributed by atoms with van der Waals surface area (Å²) in [7, 11) is 2.15. The number of halogens is 1. The van der Waals surface area contributed by atoms with E-state index in [1.54, 1.807) is 0 Å². The molecule has 0 aliphatic carbocycles. The highest BCUT2D eigenvalue weighted by atomic mass is 127. The van der Waals surface area contributed by atoms with Crippen LogP contribution in [0.1, 0.15) is 38.8 Å². The second-order valence-corrected chi connectivity index (χ2v) is 5.62. The van der Waals surface area contributed by atoms with Crippen LogP contribution in [0.25, 0.3) is 0 Å². The van der Waals surface area contributed by atoms with Gasteiger partial charge >= 0.3 is 0 Å². The maximum atomic E-state index is 6.05. The van der Waals surface area contributed by atoms with Crippen molar-refractivity contribution >= 4 is 29.9 Å². The summed E-state index contributed by atoms with van der Waals surface area (Å²) in [5.74, 6) is 0.631. The quantitative estimate of drug-likeness (QED) is 0.420. The topological polar surface area (TPSA) is 44.9 Å². The van der Waals surface area contributed by atoms with Gasteiger partial charge < -0.3 is 10.6 Å². The smallest absolute Gasteiger partial charge is 0.191 e. The van der Waals surface area contributed by atoms with Gasteiger partial charge in [-0.05, 0) is 45.9 Å². The van der Waals surface area contributed by atoms with E-state index in [1.807, 2.05) is 0 Å². The van der Waals surface area contributed by atoms with Crippen LogP contribution in [0.4, 0.5) is 0 Å². The Morgan fingerprint density at radius 2 is 1.68 bits per heavy atom. The predicted octanol–water partition coefficient (Wildman–Crippen LogP) is 3.30. The summed E-state index contributed by atoms with van der Waals surface area (Å²) in [5.41, 5.74) is 8.63. The monoisotopic (exact) mass is 418 g/mol. The molecule has 0 spiro atoms. The maximum Gasteiger partial charge on any atom is 0.191 e. The Kier molecular flexibility index (Phi) is 10.4. The highest BCUT2D eigenvalue weighted by Crippen LogP contribution is 2.13. The van der Waals surface area contributed by atoms with Crippen LogP contribution >= 0.6 is 24.0 Å². The average molecular weight is 418 g/mol. The Morgan fingerprint density at radius 3 is 2.18 bits per heavy atom. The zero-order valence-electron chi connectivity index (χ0n) is 14.5. The van der Waals surface area contributed by atoms with Crippen LogP contribution in [0, 0.1) is 0 Å². The minimum atomic E-state index is 0. The summed E-state index contributed by atoms with van der Waals surface area (Å²) in [6.07, 6.45) is 0. The van der Waals surface area contributed by atoms with E-state index in [0.29, 0.717) is 18.5 Å². The lowest BCUT2D eigenvalue weighted by Crippen LogP contribution is -2.37. The number of aliphatic imine (C=N–C) groups is 1. The third-order valence-corrected chi connectivity index (χ3v) is 3.92. The van der Waals surface area contributed by atoms with Crippen LogP contribution in [-0.4, -0.2) is 41.9 Å². The summed E-state index contributed by atoms with van der Waals surface area (Å²) in [6.45, 7) is 12.0. The molecule has 0 radical (unpaired) electrons. The van der Waals surface area contributed by atoms with Crippen LogP contribution in [-0.2, 0) is 13.1 Å². The van der Waals surface area contributed by atoms with Gasteiger partial charge in [0.2, 0.25) is 0 Å². The third-order valence-electron chi connectivity index (χ3n) is 3.92. The van der Waals surface area contributed by atoms with Crippen molar-refractivity contribution < 1.29 is 0 Å². The van der Waals surface area contributed by atoms with Crippen molar-refractivity contribution in [3.05, 3.63) is 35.4 Å². The molecule has 0 aromatic heterocycles. The van der Waals surface area contributed by atoms with E-state index in [2.05, 4.69) is 73.8 Å². The molecule has 0 aliphatic rings. The van der Waals surface area contributed by atoms with E-state index >= 15 is 0 Å². The van der Waals surface area contributed by atoms with Gasteiger partial charge in [0, 0.05) is 25.7 Å². The lowest BCUT2D eigenvalue weighted by atomic mass is 10.1. The summed E-state index contributed by atoms with van der Waals surface area (Å²) < 4.78 is 0. The van der Waals surface area contributed by atoms with Crippen molar-refractivity contribution in [2.24, 2.45) is 10.7 Å². The number of benzene rings is 1. The predicted molar refractivity (Wildman–Crippen MR) is 107 cm³/mol. The molecule has 0 atom stereocenters. The first-order valence-electron chi connectivity index (χ1n) is 7.81. The molecule has 2 N–H and O–H groups in total. The first kappa shape index (κ1) is 21.2. The summed E-state index contributed by atoms with van der Waals surface area (Å²) in [4.78, 5) is 8.95. The molecule has 1 rings (SSSR count). The lowest BCUT2D eigenvalue weighted by molar-refractivity contribution is 0.265. The van der Waals surface area contributed by atoms with Crippen molar-refractivity contribution in [3.63, 3.8) is 0 Å². The Bertz CT molecular complexity index is 456. The highest BCUT2D eigenvalue weighted by Gasteiger charge is 2.08. The molecule has 4 nitrogen and oxygen atoms in total. The lowest BCUT2D eigenvalue weighted by Gasteiger charge is -2.22. The van der Waals surface area contributed by atoms with E-state index < -0.39 is 0 Å². The molecule has 1 aromatic rings. The minimum absolute atomic E-state index is 0. The summed E-state index contributed by atoms with van der Waals surface area (Å²) in [6, 6.07) is 9.00. The molecule has 0 aliphatic heterocycles. The first-order chi connectivity index (χ1) is 9.99. The van der Waals surface area contributed by atoms with Crippen LogP contribution in [0.2, 0.25) is 0 Å². The molecule has 0 heterocycles.